The lowest BCUT2D eigenvalue weighted by atomic mass is 10.2. The summed E-state index contributed by atoms with van der Waals surface area (Å²) in [6.45, 7) is 0.517. The average Bonchev–Trinajstić information content (AvgIpc) is 2.36. The molecule has 0 heterocycles. The molecule has 0 aromatic heterocycles. The van der Waals surface area contributed by atoms with Crippen molar-refractivity contribution >= 4 is 21.8 Å². The van der Waals surface area contributed by atoms with Crippen molar-refractivity contribution in [2.75, 3.05) is 24.7 Å². The van der Waals surface area contributed by atoms with E-state index in [4.69, 9.17) is 5.11 Å². The minimum Gasteiger partial charge on any atom is -0.396 e. The number of aliphatic hydroxyl groups is 1. The molecule has 0 aliphatic rings. The topological polar surface area (TPSA) is 66.4 Å². The molecule has 108 valence electrons. The highest BCUT2D eigenvalue weighted by atomic mass is 32.2. The molecule has 7 heteroatoms. The monoisotopic (exact) mass is 307 g/mol. The minimum absolute atomic E-state index is 0.144. The van der Waals surface area contributed by atoms with Crippen LogP contribution in [0.15, 0.2) is 24.3 Å². The van der Waals surface area contributed by atoms with Crippen molar-refractivity contribution in [1.82, 2.24) is 4.72 Å². The van der Waals surface area contributed by atoms with Crippen LogP contribution in [0.2, 0.25) is 0 Å². The second-order valence-corrected chi connectivity index (χ2v) is 7.00. The summed E-state index contributed by atoms with van der Waals surface area (Å²) < 4.78 is 38.6. The molecule has 0 aliphatic carbocycles. The minimum atomic E-state index is -3.38. The second-order valence-electron chi connectivity index (χ2n) is 3.97. The highest BCUT2D eigenvalue weighted by Gasteiger charge is 2.10. The molecule has 4 nitrogen and oxygen atoms in total. The van der Waals surface area contributed by atoms with E-state index in [1.165, 1.54) is 24.3 Å². The fourth-order valence-corrected chi connectivity index (χ4v) is 3.45. The first-order valence-electron chi connectivity index (χ1n) is 5.94. The summed E-state index contributed by atoms with van der Waals surface area (Å²) in [5, 5.41) is 8.58. The highest BCUT2D eigenvalue weighted by Crippen LogP contribution is 2.07. The lowest BCUT2D eigenvalue weighted by molar-refractivity contribution is 0.296. The molecule has 0 aliphatic heterocycles. The van der Waals surface area contributed by atoms with Crippen LogP contribution in [0.1, 0.15) is 12.0 Å². The van der Waals surface area contributed by atoms with Crippen molar-refractivity contribution in [3.63, 3.8) is 0 Å². The van der Waals surface area contributed by atoms with Crippen LogP contribution in [0.5, 0.6) is 0 Å². The van der Waals surface area contributed by atoms with Crippen LogP contribution in [-0.2, 0) is 15.8 Å². The summed E-state index contributed by atoms with van der Waals surface area (Å²) in [5.74, 6) is 0.961. The SMILES string of the molecule is O=S(=O)(Cc1ccc(F)cc1)NCCSCCCO. The van der Waals surface area contributed by atoms with Crippen molar-refractivity contribution in [1.29, 1.82) is 0 Å². The van der Waals surface area contributed by atoms with Gasteiger partial charge >= 0.3 is 0 Å². The summed E-state index contributed by atoms with van der Waals surface area (Å²) in [4.78, 5) is 0. The van der Waals surface area contributed by atoms with Crippen LogP contribution in [0.4, 0.5) is 4.39 Å². The van der Waals surface area contributed by atoms with E-state index < -0.39 is 10.0 Å². The summed E-state index contributed by atoms with van der Waals surface area (Å²) in [6, 6.07) is 5.42. The molecule has 0 spiro atoms. The Hall–Kier alpha value is -0.630. The summed E-state index contributed by atoms with van der Waals surface area (Å²) >= 11 is 1.59. The third-order valence-electron chi connectivity index (χ3n) is 2.29. The Kier molecular flexibility index (Phi) is 7.37. The van der Waals surface area contributed by atoms with E-state index in [1.54, 1.807) is 11.8 Å². The lowest BCUT2D eigenvalue weighted by Gasteiger charge is -2.06. The maximum Gasteiger partial charge on any atom is 0.215 e. The molecule has 1 aromatic rings. The van der Waals surface area contributed by atoms with Gasteiger partial charge in [0.15, 0.2) is 0 Å². The summed E-state index contributed by atoms with van der Waals surface area (Å²) in [5.41, 5.74) is 0.557. The van der Waals surface area contributed by atoms with E-state index in [1.807, 2.05) is 0 Å². The Bertz CT molecular complexity index is 462. The molecule has 2 N–H and O–H groups in total. The molecule has 0 saturated carbocycles. The Morgan fingerprint density at radius 2 is 1.89 bits per heavy atom. The fourth-order valence-electron chi connectivity index (χ4n) is 1.39. The van der Waals surface area contributed by atoms with Crippen molar-refractivity contribution in [2.45, 2.75) is 12.2 Å². The number of benzene rings is 1. The molecule has 0 unspecified atom stereocenters. The van der Waals surface area contributed by atoms with Gasteiger partial charge in [0.05, 0.1) is 5.75 Å². The zero-order chi connectivity index (χ0) is 14.1. The third-order valence-corrected chi connectivity index (χ3v) is 4.71. The Morgan fingerprint density at radius 3 is 2.53 bits per heavy atom. The molecule has 0 radical (unpaired) electrons. The number of nitrogens with one attached hydrogen (secondary N) is 1. The van der Waals surface area contributed by atoms with Gasteiger partial charge < -0.3 is 5.11 Å². The first-order chi connectivity index (χ1) is 9.03. The standard InChI is InChI=1S/C12H18FNO3S2/c13-12-4-2-11(3-5-12)10-19(16,17)14-6-9-18-8-1-7-15/h2-5,14-15H,1,6-10H2. The van der Waals surface area contributed by atoms with Crippen molar-refractivity contribution in [3.8, 4) is 0 Å². The third kappa shape index (κ3) is 7.51. The Labute approximate surface area is 117 Å². The summed E-state index contributed by atoms with van der Waals surface area (Å²) in [7, 11) is -3.38. The number of thioether (sulfide) groups is 1. The molecule has 19 heavy (non-hydrogen) atoms. The Balaban J connectivity index is 2.30. The van der Waals surface area contributed by atoms with E-state index >= 15 is 0 Å². The van der Waals surface area contributed by atoms with Gasteiger partial charge in [-0.1, -0.05) is 12.1 Å². The van der Waals surface area contributed by atoms with Gasteiger partial charge in [-0.15, -0.1) is 0 Å². The molecule has 0 amide bonds. The van der Waals surface area contributed by atoms with Gasteiger partial charge in [-0.2, -0.15) is 11.8 Å². The number of rotatable bonds is 9. The molecular weight excluding hydrogens is 289 g/mol. The predicted octanol–water partition coefficient (Wildman–Crippen LogP) is 1.36. The number of hydrogen-bond donors (Lipinski definition) is 2. The normalized spacial score (nSPS) is 11.7. The van der Waals surface area contributed by atoms with Gasteiger partial charge in [-0.05, 0) is 29.9 Å². The van der Waals surface area contributed by atoms with Crippen LogP contribution in [-0.4, -0.2) is 38.2 Å². The molecule has 0 atom stereocenters. The van der Waals surface area contributed by atoms with Gasteiger partial charge in [0.25, 0.3) is 0 Å². The van der Waals surface area contributed by atoms with Gasteiger partial charge in [0, 0.05) is 18.9 Å². The maximum absolute atomic E-state index is 12.7. The predicted molar refractivity (Wildman–Crippen MR) is 76.1 cm³/mol. The smallest absolute Gasteiger partial charge is 0.215 e. The van der Waals surface area contributed by atoms with Gasteiger partial charge in [-0.25, -0.2) is 17.5 Å². The van der Waals surface area contributed by atoms with Crippen molar-refractivity contribution < 1.29 is 17.9 Å². The van der Waals surface area contributed by atoms with Crippen LogP contribution < -0.4 is 4.72 Å². The van der Waals surface area contributed by atoms with Crippen LogP contribution in [0, 0.1) is 5.82 Å². The highest BCUT2D eigenvalue weighted by molar-refractivity contribution is 7.99. The van der Waals surface area contributed by atoms with Gasteiger partial charge in [0.2, 0.25) is 10.0 Å². The first-order valence-corrected chi connectivity index (χ1v) is 8.74. The van der Waals surface area contributed by atoms with Crippen LogP contribution >= 0.6 is 11.8 Å². The van der Waals surface area contributed by atoms with Gasteiger partial charge in [-0.3, -0.25) is 0 Å². The van der Waals surface area contributed by atoms with E-state index in [0.717, 1.165) is 5.75 Å². The van der Waals surface area contributed by atoms with Crippen LogP contribution in [0.3, 0.4) is 0 Å². The summed E-state index contributed by atoms with van der Waals surface area (Å²) in [6.07, 6.45) is 0.715. The average molecular weight is 307 g/mol. The number of hydrogen-bond acceptors (Lipinski definition) is 4. The second kappa shape index (κ2) is 8.52. The molecule has 0 saturated heterocycles. The zero-order valence-electron chi connectivity index (χ0n) is 10.5. The molecule has 0 bridgehead atoms. The fraction of sp³-hybridized carbons (Fsp3) is 0.500. The van der Waals surface area contributed by atoms with Crippen molar-refractivity contribution in [2.24, 2.45) is 0 Å². The van der Waals surface area contributed by atoms with Gasteiger partial charge in [0.1, 0.15) is 5.82 Å². The lowest BCUT2D eigenvalue weighted by Crippen LogP contribution is -2.27. The van der Waals surface area contributed by atoms with E-state index in [0.29, 0.717) is 24.3 Å². The van der Waals surface area contributed by atoms with E-state index in [-0.39, 0.29) is 18.2 Å². The maximum atomic E-state index is 12.7. The number of aliphatic hydroxyl groups excluding tert-OH is 1. The Morgan fingerprint density at radius 1 is 1.21 bits per heavy atom. The van der Waals surface area contributed by atoms with E-state index in [9.17, 15) is 12.8 Å². The van der Waals surface area contributed by atoms with Crippen LogP contribution in [0.25, 0.3) is 0 Å². The number of sulfonamides is 1. The quantitative estimate of drug-likeness (QED) is 0.676. The first kappa shape index (κ1) is 16.4. The van der Waals surface area contributed by atoms with E-state index in [2.05, 4.69) is 4.72 Å². The largest absolute Gasteiger partial charge is 0.396 e. The molecule has 1 rings (SSSR count). The molecule has 1 aromatic carbocycles. The molecular formula is C12H18FNO3S2. The number of halogens is 1. The van der Waals surface area contributed by atoms with Crippen molar-refractivity contribution in [3.05, 3.63) is 35.6 Å². The molecule has 0 fully saturated rings. The zero-order valence-corrected chi connectivity index (χ0v) is 12.1.